The van der Waals surface area contributed by atoms with Crippen LogP contribution >= 0.6 is 11.8 Å². The Balaban J connectivity index is 1.11. The van der Waals surface area contributed by atoms with Crippen molar-refractivity contribution in [2.24, 2.45) is 5.10 Å². The summed E-state index contributed by atoms with van der Waals surface area (Å²) in [5.41, 5.74) is 8.19. The number of hydrogen-bond acceptors (Lipinski definition) is 5. The quantitative estimate of drug-likeness (QED) is 0.419. The van der Waals surface area contributed by atoms with Gasteiger partial charge in [0.2, 0.25) is 0 Å². The highest BCUT2D eigenvalue weighted by molar-refractivity contribution is 8.00. The zero-order valence-corrected chi connectivity index (χ0v) is 19.3. The van der Waals surface area contributed by atoms with Gasteiger partial charge < -0.3 is 4.74 Å². The Hall–Kier alpha value is -3.09. The maximum Gasteiger partial charge on any atom is 0.271 e. The van der Waals surface area contributed by atoms with Crippen LogP contribution < -0.4 is 10.2 Å². The van der Waals surface area contributed by atoms with Crippen LogP contribution in [0.25, 0.3) is 0 Å². The van der Waals surface area contributed by atoms with Crippen LogP contribution in [-0.4, -0.2) is 41.2 Å². The fourth-order valence-corrected chi connectivity index (χ4v) is 4.61. The van der Waals surface area contributed by atoms with E-state index in [1.54, 1.807) is 6.21 Å². The van der Waals surface area contributed by atoms with E-state index in [2.05, 4.69) is 39.7 Å². The Kier molecular flexibility index (Phi) is 6.74. The van der Waals surface area contributed by atoms with E-state index in [1.807, 2.05) is 60.3 Å². The molecule has 0 spiro atoms. The van der Waals surface area contributed by atoms with Gasteiger partial charge in [-0.3, -0.25) is 9.69 Å². The minimum absolute atomic E-state index is 0.216. The van der Waals surface area contributed by atoms with Gasteiger partial charge in [-0.25, -0.2) is 5.43 Å². The first-order valence-corrected chi connectivity index (χ1v) is 12.4. The molecule has 1 N–H and O–H groups in total. The average molecular weight is 458 g/mol. The zero-order valence-electron chi connectivity index (χ0n) is 18.4. The van der Waals surface area contributed by atoms with Gasteiger partial charge in [0.05, 0.1) is 6.21 Å². The SMILES string of the molecule is O=C(N/N=C\c1ccc(OC2CSC2)cc1)c1ccc(CN2CCc3ccccc3C2)cc1. The predicted octanol–water partition coefficient (Wildman–Crippen LogP) is 4.50. The van der Waals surface area contributed by atoms with Crippen LogP contribution in [0, 0.1) is 0 Å². The summed E-state index contributed by atoms with van der Waals surface area (Å²) in [6.07, 6.45) is 3.06. The summed E-state index contributed by atoms with van der Waals surface area (Å²) in [6, 6.07) is 24.2. The molecule has 0 aliphatic carbocycles. The zero-order chi connectivity index (χ0) is 22.5. The van der Waals surface area contributed by atoms with Crippen molar-refractivity contribution in [3.8, 4) is 5.75 Å². The minimum Gasteiger partial charge on any atom is -0.489 e. The molecule has 1 fully saturated rings. The molecule has 1 saturated heterocycles. The number of nitrogens with zero attached hydrogens (tertiary/aromatic N) is 2. The van der Waals surface area contributed by atoms with Crippen LogP contribution in [0.4, 0.5) is 0 Å². The fraction of sp³-hybridized carbons (Fsp3) is 0.259. The van der Waals surface area contributed by atoms with E-state index in [4.69, 9.17) is 4.74 Å². The van der Waals surface area contributed by atoms with E-state index in [0.29, 0.717) is 11.7 Å². The van der Waals surface area contributed by atoms with Crippen LogP contribution in [0.3, 0.4) is 0 Å². The lowest BCUT2D eigenvalue weighted by Crippen LogP contribution is -2.30. The van der Waals surface area contributed by atoms with Gasteiger partial charge in [-0.05, 0) is 65.1 Å². The van der Waals surface area contributed by atoms with Crippen LogP contribution in [0.15, 0.2) is 77.9 Å². The lowest BCUT2D eigenvalue weighted by Gasteiger charge is -2.28. The minimum atomic E-state index is -0.216. The second-order valence-electron chi connectivity index (χ2n) is 8.47. The van der Waals surface area contributed by atoms with Gasteiger partial charge in [-0.15, -0.1) is 0 Å². The lowest BCUT2D eigenvalue weighted by atomic mass is 9.99. The molecule has 6 heteroatoms. The molecule has 0 aromatic heterocycles. The molecule has 33 heavy (non-hydrogen) atoms. The van der Waals surface area contributed by atoms with Crippen molar-refractivity contribution >= 4 is 23.9 Å². The molecule has 5 nitrogen and oxygen atoms in total. The molecule has 3 aromatic rings. The molecule has 0 atom stereocenters. The third kappa shape index (κ3) is 5.64. The molecule has 5 rings (SSSR count). The number of amides is 1. The predicted molar refractivity (Wildman–Crippen MR) is 134 cm³/mol. The number of carbonyl (C=O) groups is 1. The summed E-state index contributed by atoms with van der Waals surface area (Å²) < 4.78 is 5.84. The van der Waals surface area contributed by atoms with Gasteiger partial charge in [-0.1, -0.05) is 36.4 Å². The standard InChI is InChI=1S/C27H27N3O2S/c31-27(29-28-15-20-7-11-25(12-8-20)32-26-18-33-19-26)23-9-5-21(6-10-23)16-30-14-13-22-3-1-2-4-24(22)17-30/h1-12,15,26H,13-14,16-19H2,(H,29,31)/b28-15-. The third-order valence-electron chi connectivity index (χ3n) is 6.00. The largest absolute Gasteiger partial charge is 0.489 e. The number of hydrogen-bond donors (Lipinski definition) is 1. The summed E-state index contributed by atoms with van der Waals surface area (Å²) in [4.78, 5) is 14.9. The van der Waals surface area contributed by atoms with Gasteiger partial charge in [0.25, 0.3) is 5.91 Å². The molecule has 0 radical (unpaired) electrons. The van der Waals surface area contributed by atoms with Crippen molar-refractivity contribution < 1.29 is 9.53 Å². The summed E-state index contributed by atoms with van der Waals surface area (Å²) in [7, 11) is 0. The number of thioether (sulfide) groups is 1. The van der Waals surface area contributed by atoms with Crippen molar-refractivity contribution in [1.82, 2.24) is 10.3 Å². The molecule has 2 aliphatic rings. The molecular formula is C27H27N3O2S. The van der Waals surface area contributed by atoms with Gasteiger partial charge in [0.15, 0.2) is 0 Å². The summed E-state index contributed by atoms with van der Waals surface area (Å²) in [6.45, 7) is 2.91. The average Bonchev–Trinajstić information content (AvgIpc) is 2.83. The molecular weight excluding hydrogens is 430 g/mol. The summed E-state index contributed by atoms with van der Waals surface area (Å²) >= 11 is 1.90. The Bertz CT molecular complexity index is 1120. The molecule has 2 aliphatic heterocycles. The summed E-state index contributed by atoms with van der Waals surface area (Å²) in [5, 5.41) is 4.10. The first kappa shape index (κ1) is 21.7. The molecule has 0 saturated carbocycles. The molecule has 0 unspecified atom stereocenters. The van der Waals surface area contributed by atoms with E-state index >= 15 is 0 Å². The van der Waals surface area contributed by atoms with Crippen molar-refractivity contribution in [3.63, 3.8) is 0 Å². The number of benzene rings is 3. The number of carbonyl (C=O) groups excluding carboxylic acids is 1. The Morgan fingerprint density at radius 2 is 1.79 bits per heavy atom. The van der Waals surface area contributed by atoms with Gasteiger partial charge in [0.1, 0.15) is 11.9 Å². The second kappa shape index (κ2) is 10.2. The first-order valence-electron chi connectivity index (χ1n) is 11.3. The fourth-order valence-electron chi connectivity index (χ4n) is 4.05. The Labute approximate surface area is 198 Å². The third-order valence-corrected chi connectivity index (χ3v) is 7.22. The number of rotatable bonds is 7. The smallest absolute Gasteiger partial charge is 0.271 e. The van der Waals surface area contributed by atoms with E-state index < -0.39 is 0 Å². The van der Waals surface area contributed by atoms with E-state index in [0.717, 1.165) is 48.9 Å². The van der Waals surface area contributed by atoms with Crippen molar-refractivity contribution in [3.05, 3.63) is 101 Å². The van der Waals surface area contributed by atoms with Gasteiger partial charge in [-0.2, -0.15) is 16.9 Å². The maximum atomic E-state index is 12.4. The molecule has 0 bridgehead atoms. The van der Waals surface area contributed by atoms with E-state index in [1.165, 1.54) is 16.7 Å². The molecule has 1 amide bonds. The monoisotopic (exact) mass is 457 g/mol. The number of nitrogens with one attached hydrogen (secondary N) is 1. The van der Waals surface area contributed by atoms with E-state index in [9.17, 15) is 4.79 Å². The summed E-state index contributed by atoms with van der Waals surface area (Å²) in [5.74, 6) is 2.77. The second-order valence-corrected chi connectivity index (χ2v) is 9.55. The van der Waals surface area contributed by atoms with Crippen LogP contribution in [0.1, 0.15) is 32.6 Å². The van der Waals surface area contributed by atoms with Crippen molar-refractivity contribution in [1.29, 1.82) is 0 Å². The van der Waals surface area contributed by atoms with Gasteiger partial charge >= 0.3 is 0 Å². The highest BCUT2D eigenvalue weighted by Gasteiger charge is 2.19. The normalized spacial score (nSPS) is 16.2. The van der Waals surface area contributed by atoms with Crippen molar-refractivity contribution in [2.75, 3.05) is 18.1 Å². The van der Waals surface area contributed by atoms with Crippen LogP contribution in [-0.2, 0) is 19.5 Å². The highest BCUT2D eigenvalue weighted by atomic mass is 32.2. The van der Waals surface area contributed by atoms with Crippen LogP contribution in [0.2, 0.25) is 0 Å². The Morgan fingerprint density at radius 1 is 1.03 bits per heavy atom. The number of ether oxygens (including phenoxy) is 1. The lowest BCUT2D eigenvalue weighted by molar-refractivity contribution is 0.0955. The topological polar surface area (TPSA) is 53.9 Å². The molecule has 2 heterocycles. The number of hydrazone groups is 1. The van der Waals surface area contributed by atoms with Crippen molar-refractivity contribution in [2.45, 2.75) is 25.6 Å². The van der Waals surface area contributed by atoms with Gasteiger partial charge in [0, 0.05) is 36.7 Å². The number of fused-ring (bicyclic) bond motifs is 1. The first-order chi connectivity index (χ1) is 16.2. The highest BCUT2D eigenvalue weighted by Crippen LogP contribution is 2.24. The van der Waals surface area contributed by atoms with E-state index in [-0.39, 0.29) is 5.91 Å². The molecule has 168 valence electrons. The Morgan fingerprint density at radius 3 is 2.52 bits per heavy atom. The molecule has 3 aromatic carbocycles. The maximum absolute atomic E-state index is 12.4. The van der Waals surface area contributed by atoms with Crippen LogP contribution in [0.5, 0.6) is 5.75 Å².